The summed E-state index contributed by atoms with van der Waals surface area (Å²) in [7, 11) is 1.55. The van der Waals surface area contributed by atoms with Gasteiger partial charge in [0.2, 0.25) is 11.8 Å². The van der Waals surface area contributed by atoms with Crippen LogP contribution < -0.4 is 21.0 Å². The first-order chi connectivity index (χ1) is 15.9. The molecule has 2 aromatic carbocycles. The maximum Gasteiger partial charge on any atom is 0.339 e. The first kappa shape index (κ1) is 22.6. The Hall–Kier alpha value is -3.61. The topological polar surface area (TPSA) is 97.6 Å². The van der Waals surface area contributed by atoms with Crippen molar-refractivity contribution >= 4 is 22.8 Å². The van der Waals surface area contributed by atoms with Gasteiger partial charge in [0, 0.05) is 35.9 Å². The summed E-state index contributed by atoms with van der Waals surface area (Å²) in [5.74, 6) is 0.145. The molecule has 1 unspecified atom stereocenters. The zero-order chi connectivity index (χ0) is 23.4. The van der Waals surface area contributed by atoms with E-state index in [2.05, 4.69) is 10.6 Å². The van der Waals surface area contributed by atoms with Crippen LogP contribution >= 0.6 is 0 Å². The predicted octanol–water partition coefficient (Wildman–Crippen LogP) is 3.05. The highest BCUT2D eigenvalue weighted by Gasteiger charge is 2.28. The summed E-state index contributed by atoms with van der Waals surface area (Å²) in [4.78, 5) is 38.0. The van der Waals surface area contributed by atoms with E-state index >= 15 is 0 Å². The highest BCUT2D eigenvalue weighted by atomic mass is 16.5. The molecule has 0 saturated heterocycles. The van der Waals surface area contributed by atoms with Gasteiger partial charge in [0.25, 0.3) is 0 Å². The van der Waals surface area contributed by atoms with Crippen molar-refractivity contribution in [3.63, 3.8) is 0 Å². The van der Waals surface area contributed by atoms with Crippen molar-refractivity contribution in [1.82, 2.24) is 10.6 Å². The zero-order valence-electron chi connectivity index (χ0n) is 18.9. The van der Waals surface area contributed by atoms with Gasteiger partial charge in [-0.25, -0.2) is 4.79 Å². The molecule has 0 spiro atoms. The molecule has 33 heavy (non-hydrogen) atoms. The van der Waals surface area contributed by atoms with Gasteiger partial charge < -0.3 is 19.8 Å². The summed E-state index contributed by atoms with van der Waals surface area (Å²) in [6.45, 7) is 1.85. The average Bonchev–Trinajstić information content (AvgIpc) is 3.62. The molecule has 0 bridgehead atoms. The van der Waals surface area contributed by atoms with Crippen LogP contribution in [0.5, 0.6) is 5.75 Å². The first-order valence-electron chi connectivity index (χ1n) is 11.2. The van der Waals surface area contributed by atoms with E-state index < -0.39 is 11.7 Å². The van der Waals surface area contributed by atoms with Gasteiger partial charge in [-0.2, -0.15) is 0 Å². The summed E-state index contributed by atoms with van der Waals surface area (Å²) in [5, 5.41) is 6.63. The minimum absolute atomic E-state index is 0.0786. The minimum atomic E-state index is -0.665. The third-order valence-electron chi connectivity index (χ3n) is 5.95. The molecule has 3 aromatic rings. The Balaban J connectivity index is 1.45. The van der Waals surface area contributed by atoms with E-state index in [9.17, 15) is 14.4 Å². The van der Waals surface area contributed by atoms with E-state index in [0.29, 0.717) is 23.3 Å². The molecule has 1 aromatic heterocycles. The summed E-state index contributed by atoms with van der Waals surface area (Å²) in [6, 6.07) is 14.5. The lowest BCUT2D eigenvalue weighted by molar-refractivity contribution is -0.129. The van der Waals surface area contributed by atoms with Crippen LogP contribution in [0.1, 0.15) is 36.0 Å². The lowest BCUT2D eigenvalue weighted by Crippen LogP contribution is -2.48. The molecule has 1 aliphatic carbocycles. The SMILES string of the molecule is COc1ccc2c(C)c(CCC(=O)NC(Cc3ccccc3)C(=O)NC3CC3)c(=O)oc2c1. The fourth-order valence-electron chi connectivity index (χ4n) is 3.88. The number of fused-ring (bicyclic) bond motifs is 1. The van der Waals surface area contributed by atoms with Crippen molar-refractivity contribution in [1.29, 1.82) is 0 Å². The molecule has 7 nitrogen and oxygen atoms in total. The number of nitrogens with one attached hydrogen (secondary N) is 2. The molecule has 1 saturated carbocycles. The summed E-state index contributed by atoms with van der Waals surface area (Å²) in [6.07, 6.45) is 2.66. The van der Waals surface area contributed by atoms with Crippen molar-refractivity contribution < 1.29 is 18.7 Å². The maximum absolute atomic E-state index is 12.8. The van der Waals surface area contributed by atoms with E-state index in [4.69, 9.17) is 9.15 Å². The highest BCUT2D eigenvalue weighted by molar-refractivity contribution is 5.88. The Labute approximate surface area is 192 Å². The normalized spacial score (nSPS) is 14.0. The van der Waals surface area contributed by atoms with Gasteiger partial charge in [-0.15, -0.1) is 0 Å². The van der Waals surface area contributed by atoms with Gasteiger partial charge >= 0.3 is 5.63 Å². The quantitative estimate of drug-likeness (QED) is 0.491. The largest absolute Gasteiger partial charge is 0.497 e. The van der Waals surface area contributed by atoms with Crippen molar-refractivity contribution in [2.45, 2.75) is 51.1 Å². The number of hydrogen-bond acceptors (Lipinski definition) is 5. The molecular weight excluding hydrogens is 420 g/mol. The fourth-order valence-corrected chi connectivity index (χ4v) is 3.88. The van der Waals surface area contributed by atoms with Crippen LogP contribution in [-0.2, 0) is 22.4 Å². The molecule has 172 valence electrons. The monoisotopic (exact) mass is 448 g/mol. The molecule has 1 heterocycles. The second kappa shape index (κ2) is 9.90. The van der Waals surface area contributed by atoms with Crippen molar-refractivity contribution in [2.24, 2.45) is 0 Å². The molecular formula is C26H28N2O5. The Morgan fingerprint density at radius 2 is 1.91 bits per heavy atom. The lowest BCUT2D eigenvalue weighted by atomic mass is 10.0. The first-order valence-corrected chi connectivity index (χ1v) is 11.2. The third kappa shape index (κ3) is 5.61. The molecule has 1 aliphatic rings. The van der Waals surface area contributed by atoms with Crippen molar-refractivity contribution in [3.05, 3.63) is 75.6 Å². The number of aryl methyl sites for hydroxylation is 1. The predicted molar refractivity (Wildman–Crippen MR) is 125 cm³/mol. The molecule has 4 rings (SSSR count). The van der Waals surface area contributed by atoms with Gasteiger partial charge in [0.15, 0.2) is 0 Å². The molecule has 0 aliphatic heterocycles. The average molecular weight is 449 g/mol. The molecule has 7 heteroatoms. The van der Waals surface area contributed by atoms with Gasteiger partial charge in [0.05, 0.1) is 7.11 Å². The van der Waals surface area contributed by atoms with Crippen LogP contribution in [0.2, 0.25) is 0 Å². The van der Waals surface area contributed by atoms with Crippen LogP contribution in [0.4, 0.5) is 0 Å². The number of hydrogen-bond donors (Lipinski definition) is 2. The second-order valence-corrected chi connectivity index (χ2v) is 8.45. The Kier molecular flexibility index (Phi) is 6.77. The number of carbonyl (C=O) groups excluding carboxylic acids is 2. The number of carbonyl (C=O) groups is 2. The summed E-state index contributed by atoms with van der Waals surface area (Å²) >= 11 is 0. The van der Waals surface area contributed by atoms with Crippen molar-refractivity contribution in [3.8, 4) is 5.75 Å². The fraction of sp³-hybridized carbons (Fsp3) is 0.346. The minimum Gasteiger partial charge on any atom is -0.497 e. The summed E-state index contributed by atoms with van der Waals surface area (Å²) < 4.78 is 10.7. The zero-order valence-corrected chi connectivity index (χ0v) is 18.9. The third-order valence-corrected chi connectivity index (χ3v) is 5.95. The van der Waals surface area contributed by atoms with Gasteiger partial charge in [-0.1, -0.05) is 30.3 Å². The number of amides is 2. The molecule has 2 amide bonds. The number of ether oxygens (including phenoxy) is 1. The summed E-state index contributed by atoms with van der Waals surface area (Å²) in [5.41, 5.74) is 2.20. The standard InChI is InChI=1S/C26H28N2O5/c1-16-20-11-10-19(32-2)15-23(20)33-26(31)21(16)12-13-24(29)28-22(25(30)27-18-8-9-18)14-17-6-4-3-5-7-17/h3-7,10-11,15,18,22H,8-9,12-14H2,1-2H3,(H,27,30)(H,28,29). The molecule has 1 fully saturated rings. The molecule has 1 atom stereocenters. The highest BCUT2D eigenvalue weighted by Crippen LogP contribution is 2.24. The van der Waals surface area contributed by atoms with Crippen LogP contribution in [0.3, 0.4) is 0 Å². The maximum atomic E-state index is 12.8. The Bertz CT molecular complexity index is 1210. The van der Waals surface area contributed by atoms with E-state index in [0.717, 1.165) is 29.4 Å². The lowest BCUT2D eigenvalue weighted by Gasteiger charge is -2.19. The van der Waals surface area contributed by atoms with Crippen LogP contribution in [0.15, 0.2) is 57.7 Å². The van der Waals surface area contributed by atoms with Crippen LogP contribution in [0, 0.1) is 6.92 Å². The number of methoxy groups -OCH3 is 1. The number of benzene rings is 2. The van der Waals surface area contributed by atoms with Gasteiger partial charge in [-0.3, -0.25) is 9.59 Å². The van der Waals surface area contributed by atoms with Gasteiger partial charge in [-0.05, 0) is 49.4 Å². The van der Waals surface area contributed by atoms with Crippen LogP contribution in [0.25, 0.3) is 11.0 Å². The molecule has 2 N–H and O–H groups in total. The van der Waals surface area contributed by atoms with Gasteiger partial charge in [0.1, 0.15) is 17.4 Å². The van der Waals surface area contributed by atoms with E-state index in [1.807, 2.05) is 43.3 Å². The smallest absolute Gasteiger partial charge is 0.339 e. The second-order valence-electron chi connectivity index (χ2n) is 8.45. The number of rotatable bonds is 9. The van der Waals surface area contributed by atoms with Crippen molar-refractivity contribution in [2.75, 3.05) is 7.11 Å². The Morgan fingerprint density at radius 1 is 1.15 bits per heavy atom. The molecule has 0 radical (unpaired) electrons. The van der Waals surface area contributed by atoms with E-state index in [1.165, 1.54) is 0 Å². The van der Waals surface area contributed by atoms with Crippen LogP contribution in [-0.4, -0.2) is 31.0 Å². The van der Waals surface area contributed by atoms with E-state index in [-0.39, 0.29) is 30.7 Å². The Morgan fingerprint density at radius 3 is 2.61 bits per heavy atom. The van der Waals surface area contributed by atoms with E-state index in [1.54, 1.807) is 19.2 Å².